The van der Waals surface area contributed by atoms with Gasteiger partial charge in [-0.25, -0.2) is 0 Å². The van der Waals surface area contributed by atoms with Crippen molar-refractivity contribution in [3.63, 3.8) is 0 Å². The van der Waals surface area contributed by atoms with Crippen LogP contribution in [-0.2, 0) is 0 Å². The molecule has 0 aliphatic heterocycles. The van der Waals surface area contributed by atoms with Gasteiger partial charge in [0.25, 0.3) is 5.91 Å². The van der Waals surface area contributed by atoms with E-state index in [-0.39, 0.29) is 12.0 Å². The smallest absolute Gasteiger partial charge is 0.253 e. The van der Waals surface area contributed by atoms with Gasteiger partial charge in [0.15, 0.2) is 0 Å². The molecule has 0 bridgehead atoms. The van der Waals surface area contributed by atoms with Gasteiger partial charge >= 0.3 is 0 Å². The molecule has 4 nitrogen and oxygen atoms in total. The van der Waals surface area contributed by atoms with Crippen molar-refractivity contribution in [2.45, 2.75) is 25.9 Å². The lowest BCUT2D eigenvalue weighted by Gasteiger charge is -2.11. The Labute approximate surface area is 135 Å². The standard InChI is InChI=1S/C19H20N2O2/c1-2-14(22)9-11-21-19(23)17-12-13-6-3-4-7-15(13)16-8-5-10-20-18(16)17/h3-8,10,12,14,22H,2,9,11H2,1H3,(H,21,23). The van der Waals surface area contributed by atoms with E-state index in [4.69, 9.17) is 0 Å². The number of amides is 1. The van der Waals surface area contributed by atoms with E-state index in [1.165, 1.54) is 0 Å². The minimum absolute atomic E-state index is 0.150. The second-order valence-electron chi connectivity index (χ2n) is 5.65. The lowest BCUT2D eigenvalue weighted by molar-refractivity contribution is 0.0943. The summed E-state index contributed by atoms with van der Waals surface area (Å²) in [6, 6.07) is 13.7. The fraction of sp³-hybridized carbons (Fsp3) is 0.263. The zero-order valence-corrected chi connectivity index (χ0v) is 13.1. The number of nitrogens with zero attached hydrogens (tertiary/aromatic N) is 1. The normalized spacial score (nSPS) is 12.4. The first-order valence-electron chi connectivity index (χ1n) is 7.93. The predicted octanol–water partition coefficient (Wildman–Crippen LogP) is 3.28. The minimum Gasteiger partial charge on any atom is -0.393 e. The van der Waals surface area contributed by atoms with Gasteiger partial charge in [0, 0.05) is 18.1 Å². The summed E-state index contributed by atoms with van der Waals surface area (Å²) in [5, 5.41) is 15.6. The average molecular weight is 308 g/mol. The molecule has 1 unspecified atom stereocenters. The topological polar surface area (TPSA) is 62.2 Å². The lowest BCUT2D eigenvalue weighted by Crippen LogP contribution is -2.27. The number of fused-ring (bicyclic) bond motifs is 3. The quantitative estimate of drug-likeness (QED) is 0.711. The molecule has 3 rings (SSSR count). The van der Waals surface area contributed by atoms with Crippen LogP contribution >= 0.6 is 0 Å². The van der Waals surface area contributed by atoms with Crippen LogP contribution in [0, 0.1) is 0 Å². The van der Waals surface area contributed by atoms with Gasteiger partial charge in [0.2, 0.25) is 0 Å². The SMILES string of the molecule is CCC(O)CCNC(=O)c1cc2ccccc2c2cccnc12. The first-order chi connectivity index (χ1) is 11.2. The number of aliphatic hydroxyl groups is 1. The lowest BCUT2D eigenvalue weighted by atomic mass is 10.0. The highest BCUT2D eigenvalue weighted by Gasteiger charge is 2.14. The molecule has 0 fully saturated rings. The molecule has 118 valence electrons. The van der Waals surface area contributed by atoms with Crippen LogP contribution in [-0.4, -0.2) is 28.6 Å². The third kappa shape index (κ3) is 3.17. The van der Waals surface area contributed by atoms with Crippen LogP contribution in [0.4, 0.5) is 0 Å². The van der Waals surface area contributed by atoms with Crippen molar-refractivity contribution in [2.75, 3.05) is 6.54 Å². The summed E-state index contributed by atoms with van der Waals surface area (Å²) in [5.74, 6) is -0.150. The van der Waals surface area contributed by atoms with E-state index in [2.05, 4.69) is 10.3 Å². The molecule has 1 amide bonds. The maximum Gasteiger partial charge on any atom is 0.253 e. The minimum atomic E-state index is -0.373. The van der Waals surface area contributed by atoms with Crippen LogP contribution in [0.3, 0.4) is 0 Å². The van der Waals surface area contributed by atoms with E-state index >= 15 is 0 Å². The number of benzene rings is 2. The zero-order valence-electron chi connectivity index (χ0n) is 13.1. The van der Waals surface area contributed by atoms with Gasteiger partial charge in [-0.05, 0) is 35.7 Å². The summed E-state index contributed by atoms with van der Waals surface area (Å²) >= 11 is 0. The molecule has 0 radical (unpaired) electrons. The Morgan fingerprint density at radius 1 is 1.22 bits per heavy atom. The van der Waals surface area contributed by atoms with E-state index < -0.39 is 0 Å². The van der Waals surface area contributed by atoms with Crippen LogP contribution in [0.5, 0.6) is 0 Å². The molecule has 2 N–H and O–H groups in total. The van der Waals surface area contributed by atoms with Gasteiger partial charge in [-0.15, -0.1) is 0 Å². The van der Waals surface area contributed by atoms with E-state index in [1.807, 2.05) is 49.4 Å². The Kier molecular flexibility index (Phi) is 4.53. The van der Waals surface area contributed by atoms with Crippen molar-refractivity contribution in [1.82, 2.24) is 10.3 Å². The summed E-state index contributed by atoms with van der Waals surface area (Å²) in [4.78, 5) is 16.9. The van der Waals surface area contributed by atoms with E-state index in [0.29, 0.717) is 30.5 Å². The number of aromatic nitrogens is 1. The zero-order chi connectivity index (χ0) is 16.2. The number of aliphatic hydroxyl groups excluding tert-OH is 1. The molecule has 1 heterocycles. The Bertz CT molecular complexity index is 845. The molecule has 4 heteroatoms. The van der Waals surface area contributed by atoms with E-state index in [9.17, 15) is 9.90 Å². The van der Waals surface area contributed by atoms with Gasteiger partial charge in [0.05, 0.1) is 17.2 Å². The van der Waals surface area contributed by atoms with Crippen molar-refractivity contribution in [1.29, 1.82) is 0 Å². The number of carbonyl (C=O) groups excluding carboxylic acids is 1. The van der Waals surface area contributed by atoms with Crippen LogP contribution in [0.1, 0.15) is 30.1 Å². The van der Waals surface area contributed by atoms with Crippen molar-refractivity contribution in [3.05, 3.63) is 54.2 Å². The number of nitrogens with one attached hydrogen (secondary N) is 1. The van der Waals surface area contributed by atoms with Gasteiger partial charge in [-0.2, -0.15) is 0 Å². The third-order valence-electron chi connectivity index (χ3n) is 4.09. The molecule has 0 saturated heterocycles. The predicted molar refractivity (Wildman–Crippen MR) is 92.5 cm³/mol. The second kappa shape index (κ2) is 6.75. The summed E-state index contributed by atoms with van der Waals surface area (Å²) in [5.41, 5.74) is 1.28. The largest absolute Gasteiger partial charge is 0.393 e. The Balaban J connectivity index is 1.97. The molecule has 0 aliphatic rings. The summed E-state index contributed by atoms with van der Waals surface area (Å²) in [7, 11) is 0. The van der Waals surface area contributed by atoms with Crippen LogP contribution in [0.25, 0.3) is 21.7 Å². The highest BCUT2D eigenvalue weighted by molar-refractivity contribution is 6.15. The highest BCUT2D eigenvalue weighted by atomic mass is 16.3. The maximum atomic E-state index is 12.5. The Morgan fingerprint density at radius 2 is 2.00 bits per heavy atom. The van der Waals surface area contributed by atoms with Crippen LogP contribution < -0.4 is 5.32 Å². The summed E-state index contributed by atoms with van der Waals surface area (Å²) < 4.78 is 0. The molecule has 0 spiro atoms. The molecule has 23 heavy (non-hydrogen) atoms. The van der Waals surface area contributed by atoms with Gasteiger partial charge < -0.3 is 10.4 Å². The van der Waals surface area contributed by atoms with Gasteiger partial charge in [-0.1, -0.05) is 37.3 Å². The average Bonchev–Trinajstić information content (AvgIpc) is 2.60. The Morgan fingerprint density at radius 3 is 2.83 bits per heavy atom. The second-order valence-corrected chi connectivity index (χ2v) is 5.65. The molecule has 1 aromatic heterocycles. The Hall–Kier alpha value is -2.46. The van der Waals surface area contributed by atoms with Crippen molar-refractivity contribution >= 4 is 27.6 Å². The monoisotopic (exact) mass is 308 g/mol. The van der Waals surface area contributed by atoms with Crippen molar-refractivity contribution in [2.24, 2.45) is 0 Å². The maximum absolute atomic E-state index is 12.5. The van der Waals surface area contributed by atoms with E-state index in [0.717, 1.165) is 16.2 Å². The highest BCUT2D eigenvalue weighted by Crippen LogP contribution is 2.27. The first-order valence-corrected chi connectivity index (χ1v) is 7.93. The number of rotatable bonds is 5. The van der Waals surface area contributed by atoms with Gasteiger partial charge in [0.1, 0.15) is 0 Å². The number of carbonyl (C=O) groups is 1. The van der Waals surface area contributed by atoms with E-state index in [1.54, 1.807) is 6.20 Å². The fourth-order valence-electron chi connectivity index (χ4n) is 2.75. The number of hydrogen-bond donors (Lipinski definition) is 2. The molecule has 0 saturated carbocycles. The molecular weight excluding hydrogens is 288 g/mol. The molecule has 0 aliphatic carbocycles. The van der Waals surface area contributed by atoms with Crippen molar-refractivity contribution in [3.8, 4) is 0 Å². The van der Waals surface area contributed by atoms with Crippen LogP contribution in [0.15, 0.2) is 48.7 Å². The molecular formula is C19H20N2O2. The van der Waals surface area contributed by atoms with Crippen molar-refractivity contribution < 1.29 is 9.90 Å². The van der Waals surface area contributed by atoms with Crippen LogP contribution in [0.2, 0.25) is 0 Å². The molecule has 1 atom stereocenters. The number of hydrogen-bond acceptors (Lipinski definition) is 3. The third-order valence-corrected chi connectivity index (χ3v) is 4.09. The first kappa shape index (κ1) is 15.4. The summed E-state index contributed by atoms with van der Waals surface area (Å²) in [6.07, 6.45) is 2.58. The number of pyridine rings is 1. The molecule has 3 aromatic rings. The summed E-state index contributed by atoms with van der Waals surface area (Å²) in [6.45, 7) is 2.38. The van der Waals surface area contributed by atoms with Gasteiger partial charge in [-0.3, -0.25) is 9.78 Å². The molecule has 2 aromatic carbocycles. The fourth-order valence-corrected chi connectivity index (χ4v) is 2.75.